The molecule has 5 heteroatoms. The van der Waals surface area contributed by atoms with Crippen molar-refractivity contribution in [2.45, 2.75) is 0 Å². The molecule has 2 aromatic carbocycles. The van der Waals surface area contributed by atoms with Gasteiger partial charge in [0.05, 0.1) is 4.47 Å². The molecule has 1 amide bonds. The zero-order valence-electron chi connectivity index (χ0n) is 9.08. The summed E-state index contributed by atoms with van der Waals surface area (Å²) in [6.07, 6.45) is 0. The van der Waals surface area contributed by atoms with E-state index in [9.17, 15) is 9.18 Å². The predicted octanol–water partition coefficient (Wildman–Crippen LogP) is 4.45. The van der Waals surface area contributed by atoms with Crippen molar-refractivity contribution < 1.29 is 9.18 Å². The van der Waals surface area contributed by atoms with Gasteiger partial charge in [-0.25, -0.2) is 4.39 Å². The molecule has 2 aromatic rings. The molecule has 0 unspecified atom stereocenters. The van der Waals surface area contributed by atoms with Crippen molar-refractivity contribution in [3.05, 3.63) is 61.9 Å². The molecule has 0 aliphatic carbocycles. The van der Waals surface area contributed by atoms with E-state index in [1.54, 1.807) is 12.1 Å². The fraction of sp³-hybridized carbons (Fsp3) is 0. The van der Waals surface area contributed by atoms with E-state index in [1.165, 1.54) is 18.2 Å². The average Bonchev–Trinajstić information content (AvgIpc) is 2.34. The highest BCUT2D eigenvalue weighted by Gasteiger charge is 2.07. The fourth-order valence-corrected chi connectivity index (χ4v) is 2.12. The normalized spacial score (nSPS) is 10.2. The van der Waals surface area contributed by atoms with Gasteiger partial charge in [-0.15, -0.1) is 0 Å². The van der Waals surface area contributed by atoms with Crippen LogP contribution >= 0.6 is 38.5 Å². The number of hydrogen-bond donors (Lipinski definition) is 1. The SMILES string of the molecule is O=C(Nc1ccc(F)c(Br)c1)c1ccc(I)cc1. The van der Waals surface area contributed by atoms with Crippen LogP contribution in [0.2, 0.25) is 0 Å². The van der Waals surface area contributed by atoms with E-state index in [0.717, 1.165) is 3.57 Å². The topological polar surface area (TPSA) is 29.1 Å². The zero-order valence-corrected chi connectivity index (χ0v) is 12.8. The largest absolute Gasteiger partial charge is 0.322 e. The van der Waals surface area contributed by atoms with Crippen LogP contribution in [0.15, 0.2) is 46.9 Å². The van der Waals surface area contributed by atoms with Gasteiger partial charge < -0.3 is 5.32 Å². The Kier molecular flexibility index (Phi) is 4.34. The van der Waals surface area contributed by atoms with Crippen molar-refractivity contribution in [2.24, 2.45) is 0 Å². The van der Waals surface area contributed by atoms with Crippen LogP contribution in [0.25, 0.3) is 0 Å². The molecule has 18 heavy (non-hydrogen) atoms. The van der Waals surface area contributed by atoms with Crippen LogP contribution in [0.3, 0.4) is 0 Å². The first-order valence-corrected chi connectivity index (χ1v) is 6.95. The Bertz CT molecular complexity index is 586. The second-order valence-electron chi connectivity index (χ2n) is 3.59. The molecule has 0 aromatic heterocycles. The van der Waals surface area contributed by atoms with Crippen molar-refractivity contribution in [1.29, 1.82) is 0 Å². The van der Waals surface area contributed by atoms with Crippen LogP contribution in [-0.4, -0.2) is 5.91 Å². The Labute approximate surface area is 126 Å². The molecule has 0 bridgehead atoms. The molecule has 0 aliphatic heterocycles. The van der Waals surface area contributed by atoms with E-state index in [4.69, 9.17) is 0 Å². The standard InChI is InChI=1S/C13H8BrFINO/c14-11-7-10(5-6-12(11)15)17-13(18)8-1-3-9(16)4-2-8/h1-7H,(H,17,18). The second-order valence-corrected chi connectivity index (χ2v) is 5.69. The molecule has 0 atom stereocenters. The van der Waals surface area contributed by atoms with E-state index in [-0.39, 0.29) is 11.7 Å². The van der Waals surface area contributed by atoms with Gasteiger partial charge in [-0.3, -0.25) is 4.79 Å². The number of amides is 1. The lowest BCUT2D eigenvalue weighted by molar-refractivity contribution is 0.102. The van der Waals surface area contributed by atoms with Crippen molar-refractivity contribution in [1.82, 2.24) is 0 Å². The van der Waals surface area contributed by atoms with Gasteiger partial charge in [0.2, 0.25) is 0 Å². The summed E-state index contributed by atoms with van der Waals surface area (Å²) in [5.41, 5.74) is 1.11. The van der Waals surface area contributed by atoms with Crippen LogP contribution in [0.4, 0.5) is 10.1 Å². The van der Waals surface area contributed by atoms with Gasteiger partial charge in [0, 0.05) is 14.8 Å². The number of nitrogens with one attached hydrogen (secondary N) is 1. The number of hydrogen-bond acceptors (Lipinski definition) is 1. The number of anilines is 1. The quantitative estimate of drug-likeness (QED) is 0.716. The maximum Gasteiger partial charge on any atom is 0.255 e. The van der Waals surface area contributed by atoms with Crippen molar-refractivity contribution >= 4 is 50.1 Å². The van der Waals surface area contributed by atoms with Crippen LogP contribution in [0.5, 0.6) is 0 Å². The monoisotopic (exact) mass is 419 g/mol. The third kappa shape index (κ3) is 3.29. The number of carbonyl (C=O) groups is 1. The van der Waals surface area contributed by atoms with Crippen LogP contribution in [0.1, 0.15) is 10.4 Å². The number of rotatable bonds is 2. The molecule has 92 valence electrons. The highest BCUT2D eigenvalue weighted by Crippen LogP contribution is 2.20. The summed E-state index contributed by atoms with van der Waals surface area (Å²) in [5.74, 6) is -0.577. The van der Waals surface area contributed by atoms with Gasteiger partial charge in [0.25, 0.3) is 5.91 Å². The lowest BCUT2D eigenvalue weighted by Crippen LogP contribution is -2.11. The maximum atomic E-state index is 13.0. The average molecular weight is 420 g/mol. The number of benzene rings is 2. The first-order valence-electron chi connectivity index (χ1n) is 5.08. The van der Waals surface area contributed by atoms with Crippen LogP contribution in [0, 0.1) is 9.39 Å². The molecule has 2 nitrogen and oxygen atoms in total. The van der Waals surface area contributed by atoms with Crippen molar-refractivity contribution in [2.75, 3.05) is 5.32 Å². The van der Waals surface area contributed by atoms with Gasteiger partial charge in [0.1, 0.15) is 5.82 Å². The van der Waals surface area contributed by atoms with E-state index in [0.29, 0.717) is 15.7 Å². The molecule has 0 fully saturated rings. The summed E-state index contributed by atoms with van der Waals surface area (Å²) in [7, 11) is 0. The van der Waals surface area contributed by atoms with Crippen LogP contribution in [-0.2, 0) is 0 Å². The summed E-state index contributed by atoms with van der Waals surface area (Å²) in [6, 6.07) is 11.6. The third-order valence-corrected chi connectivity index (χ3v) is 3.61. The van der Waals surface area contributed by atoms with Crippen molar-refractivity contribution in [3.8, 4) is 0 Å². The van der Waals surface area contributed by atoms with E-state index in [2.05, 4.69) is 43.8 Å². The van der Waals surface area contributed by atoms with E-state index >= 15 is 0 Å². The van der Waals surface area contributed by atoms with Gasteiger partial charge in [-0.2, -0.15) is 0 Å². The summed E-state index contributed by atoms with van der Waals surface area (Å²) in [4.78, 5) is 11.9. The molecule has 2 rings (SSSR count). The van der Waals surface area contributed by atoms with E-state index in [1.807, 2.05) is 12.1 Å². The Hall–Kier alpha value is -0.950. The highest BCUT2D eigenvalue weighted by atomic mass is 127. The Morgan fingerprint density at radius 2 is 1.83 bits per heavy atom. The minimum atomic E-state index is -0.359. The molecular formula is C13H8BrFINO. The molecule has 0 spiro atoms. The molecular weight excluding hydrogens is 412 g/mol. The molecule has 0 saturated heterocycles. The maximum absolute atomic E-state index is 13.0. The number of carbonyl (C=O) groups excluding carboxylic acids is 1. The Morgan fingerprint density at radius 3 is 2.44 bits per heavy atom. The van der Waals surface area contributed by atoms with Gasteiger partial charge in [-0.05, 0) is 81.0 Å². The predicted molar refractivity (Wildman–Crippen MR) is 81.2 cm³/mol. The van der Waals surface area contributed by atoms with Gasteiger partial charge >= 0.3 is 0 Å². The molecule has 1 N–H and O–H groups in total. The van der Waals surface area contributed by atoms with Gasteiger partial charge in [0.15, 0.2) is 0 Å². The molecule has 0 radical (unpaired) electrons. The van der Waals surface area contributed by atoms with Gasteiger partial charge in [-0.1, -0.05) is 0 Å². The molecule has 0 heterocycles. The number of halogens is 3. The zero-order chi connectivity index (χ0) is 13.1. The Balaban J connectivity index is 2.16. The Morgan fingerprint density at radius 1 is 1.17 bits per heavy atom. The third-order valence-electron chi connectivity index (χ3n) is 2.28. The smallest absolute Gasteiger partial charge is 0.255 e. The molecule has 0 saturated carbocycles. The first kappa shape index (κ1) is 13.5. The lowest BCUT2D eigenvalue weighted by atomic mass is 10.2. The van der Waals surface area contributed by atoms with Crippen molar-refractivity contribution in [3.63, 3.8) is 0 Å². The van der Waals surface area contributed by atoms with Crippen LogP contribution < -0.4 is 5.32 Å². The van der Waals surface area contributed by atoms with E-state index < -0.39 is 0 Å². The fourth-order valence-electron chi connectivity index (χ4n) is 1.38. The summed E-state index contributed by atoms with van der Waals surface area (Å²) in [6.45, 7) is 0. The highest BCUT2D eigenvalue weighted by molar-refractivity contribution is 14.1. The second kappa shape index (κ2) is 5.79. The minimum absolute atomic E-state index is 0.218. The summed E-state index contributed by atoms with van der Waals surface area (Å²) in [5, 5.41) is 2.71. The first-order chi connectivity index (χ1) is 8.56. The summed E-state index contributed by atoms with van der Waals surface area (Å²) >= 11 is 5.25. The lowest BCUT2D eigenvalue weighted by Gasteiger charge is -2.06. The summed E-state index contributed by atoms with van der Waals surface area (Å²) < 4.78 is 14.4. The molecule has 0 aliphatic rings. The minimum Gasteiger partial charge on any atom is -0.322 e.